The zero-order chi connectivity index (χ0) is 4.12. The molecule has 0 rings (SSSR count). The van der Waals surface area contributed by atoms with Crippen molar-refractivity contribution < 1.29 is 8.99 Å². The lowest BCUT2D eigenvalue weighted by atomic mass is 13.4. The fraction of sp³-hybridized carbons (Fsp3) is 0. The summed E-state index contributed by atoms with van der Waals surface area (Å²) in [4.78, 5) is 8.75. The second kappa shape index (κ2) is 3.42. The Labute approximate surface area is 30.1 Å². The van der Waals surface area contributed by atoms with Crippen molar-refractivity contribution in [3.8, 4) is 0 Å². The molecule has 0 spiro atoms. The fourth-order valence-electron chi connectivity index (χ4n) is 0.0176. The van der Waals surface area contributed by atoms with Crippen LogP contribution in [-0.2, 0) is 8.99 Å². The third-order valence-corrected chi connectivity index (χ3v) is 0.258. The molecule has 0 radical (unpaired) electrons. The Morgan fingerprint density at radius 3 is 2.40 bits per heavy atom. The molecular formula is HNO3Si. The van der Waals surface area contributed by atoms with Gasteiger partial charge in [0.2, 0.25) is 0 Å². The third kappa shape index (κ3) is 3.42. The molecule has 28 valence electrons. The van der Waals surface area contributed by atoms with Gasteiger partial charge in [0, 0.05) is 0 Å². The minimum Gasteiger partial charge on any atom is -0.352 e. The van der Waals surface area contributed by atoms with Crippen LogP contribution >= 0.6 is 0 Å². The van der Waals surface area contributed by atoms with E-state index < -0.39 is 9.65 Å². The van der Waals surface area contributed by atoms with Gasteiger partial charge in [0.05, 0.1) is 0 Å². The molecule has 0 aliphatic rings. The number of hydrogen-bond donors (Lipinski definition) is 0. The molecule has 0 aliphatic heterocycles. The van der Waals surface area contributed by atoms with Crippen molar-refractivity contribution in [3.05, 3.63) is 4.91 Å². The Bertz CT molecular complexity index is 36.2. The van der Waals surface area contributed by atoms with E-state index in [-0.39, 0.29) is 0 Å². The van der Waals surface area contributed by atoms with Crippen LogP contribution in [0.3, 0.4) is 0 Å². The van der Waals surface area contributed by atoms with Gasteiger partial charge in [-0.3, -0.25) is 0 Å². The van der Waals surface area contributed by atoms with Crippen molar-refractivity contribution >= 4 is 9.65 Å². The molecule has 0 aromatic carbocycles. The molecule has 5 heavy (non-hydrogen) atoms. The highest BCUT2D eigenvalue weighted by Gasteiger charge is 1.64. The molecule has 0 heterocycles. The smallest absolute Gasteiger partial charge is 0.352 e. The molecule has 0 aliphatic carbocycles. The Morgan fingerprint density at radius 2 is 2.40 bits per heavy atom. The minimum atomic E-state index is -1.44. The van der Waals surface area contributed by atoms with Crippen LogP contribution in [0.2, 0.25) is 0 Å². The van der Waals surface area contributed by atoms with E-state index in [9.17, 15) is 0 Å². The first kappa shape index (κ1) is 4.42. The standard InChI is InChI=1S/HNO3Si/c2-1-4-5-3/h5H. The van der Waals surface area contributed by atoms with Gasteiger partial charge in [-0.25, -0.2) is 0 Å². The molecular weight excluding hydrogens is 90.1 g/mol. The Balaban J connectivity index is 2.65. The van der Waals surface area contributed by atoms with E-state index in [0.717, 1.165) is 0 Å². The van der Waals surface area contributed by atoms with E-state index in [0.29, 0.717) is 0 Å². The highest BCUT2D eigenvalue weighted by atomic mass is 28.2. The van der Waals surface area contributed by atoms with Gasteiger partial charge in [-0.05, 0) is 0 Å². The largest absolute Gasteiger partial charge is 0.520 e. The predicted octanol–water partition coefficient (Wildman–Crippen LogP) is -0.619. The van der Waals surface area contributed by atoms with Gasteiger partial charge in [0.1, 0.15) is 5.34 Å². The van der Waals surface area contributed by atoms with Crippen LogP contribution in [0.4, 0.5) is 0 Å². The summed E-state index contributed by atoms with van der Waals surface area (Å²) in [6.45, 7) is 0. The first-order chi connectivity index (χ1) is 2.41. The summed E-state index contributed by atoms with van der Waals surface area (Å²) in [6.07, 6.45) is 0. The van der Waals surface area contributed by atoms with Crippen molar-refractivity contribution in [2.75, 3.05) is 0 Å². The first-order valence-corrected chi connectivity index (χ1v) is 1.78. The summed E-state index contributed by atoms with van der Waals surface area (Å²) >= 11 is 0. The molecule has 0 fully saturated rings. The average molecular weight is 91.1 g/mol. The van der Waals surface area contributed by atoms with E-state index in [4.69, 9.17) is 9.37 Å². The average Bonchev–Trinajstić information content (AvgIpc) is 1.41. The van der Waals surface area contributed by atoms with Gasteiger partial charge < -0.3 is 8.99 Å². The Kier molecular flexibility index (Phi) is 3.02. The fourth-order valence-corrected chi connectivity index (χ4v) is 0.0527. The van der Waals surface area contributed by atoms with Gasteiger partial charge in [0.25, 0.3) is 0 Å². The summed E-state index contributed by atoms with van der Waals surface area (Å²) in [6, 6.07) is 0. The zero-order valence-electron chi connectivity index (χ0n) is 2.25. The summed E-state index contributed by atoms with van der Waals surface area (Å²) < 4.78 is 12.5. The highest BCUT2D eigenvalue weighted by Crippen LogP contribution is 1.54. The topological polar surface area (TPSA) is 55.7 Å². The van der Waals surface area contributed by atoms with E-state index >= 15 is 0 Å². The van der Waals surface area contributed by atoms with Crippen LogP contribution in [0.5, 0.6) is 0 Å². The number of rotatable bonds is 2. The quantitative estimate of drug-likeness (QED) is 0.258. The maximum Gasteiger partial charge on any atom is 0.520 e. The lowest BCUT2D eigenvalue weighted by molar-refractivity contribution is 0.324. The second-order valence-corrected chi connectivity index (χ2v) is 0.679. The zero-order valence-corrected chi connectivity index (χ0v) is 3.40. The summed E-state index contributed by atoms with van der Waals surface area (Å²) in [5.41, 5.74) is 0. The van der Waals surface area contributed by atoms with Crippen LogP contribution in [0.1, 0.15) is 0 Å². The van der Waals surface area contributed by atoms with Crippen LogP contribution in [0.25, 0.3) is 0 Å². The van der Waals surface area contributed by atoms with Crippen molar-refractivity contribution in [2.24, 2.45) is 5.34 Å². The Morgan fingerprint density at radius 1 is 1.80 bits per heavy atom. The molecule has 0 aromatic rings. The Hall–Kier alpha value is -0.583. The van der Waals surface area contributed by atoms with Crippen molar-refractivity contribution in [1.29, 1.82) is 0 Å². The van der Waals surface area contributed by atoms with Crippen LogP contribution in [0, 0.1) is 4.91 Å². The molecule has 0 saturated carbocycles. The SMILES string of the molecule is O=NO[SiH]=O. The van der Waals surface area contributed by atoms with E-state index in [1.54, 1.807) is 0 Å². The minimum absolute atomic E-state index is 1.44. The highest BCUT2D eigenvalue weighted by molar-refractivity contribution is 6.06. The second-order valence-electron chi connectivity index (χ2n) is 0.276. The summed E-state index contributed by atoms with van der Waals surface area (Å²) in [7, 11) is -1.44. The van der Waals surface area contributed by atoms with E-state index in [1.807, 2.05) is 5.34 Å². The normalized spacial score (nSPS) is 5.60. The van der Waals surface area contributed by atoms with Gasteiger partial charge in [-0.1, -0.05) is 0 Å². The van der Waals surface area contributed by atoms with Crippen molar-refractivity contribution in [1.82, 2.24) is 0 Å². The van der Waals surface area contributed by atoms with Gasteiger partial charge >= 0.3 is 9.65 Å². The lowest BCUT2D eigenvalue weighted by Crippen LogP contribution is -1.70. The lowest BCUT2D eigenvalue weighted by Gasteiger charge is -1.62. The van der Waals surface area contributed by atoms with Crippen LogP contribution in [0.15, 0.2) is 5.34 Å². The molecule has 0 atom stereocenters. The number of hydrogen-bond acceptors (Lipinski definition) is 4. The molecule has 0 unspecified atom stereocenters. The predicted molar refractivity (Wildman–Crippen MR) is 14.7 cm³/mol. The van der Waals surface area contributed by atoms with E-state index in [1.165, 1.54) is 0 Å². The van der Waals surface area contributed by atoms with E-state index in [2.05, 4.69) is 4.53 Å². The molecule has 0 saturated heterocycles. The van der Waals surface area contributed by atoms with Crippen molar-refractivity contribution in [2.45, 2.75) is 0 Å². The summed E-state index contributed by atoms with van der Waals surface area (Å²) in [5, 5.41) is 1.83. The molecule has 0 aromatic heterocycles. The molecule has 5 heteroatoms. The first-order valence-electron chi connectivity index (χ1n) is 0.837. The maximum absolute atomic E-state index is 9.10. The van der Waals surface area contributed by atoms with Crippen molar-refractivity contribution in [3.63, 3.8) is 0 Å². The molecule has 0 amide bonds. The molecule has 0 bridgehead atoms. The number of nitrogens with zero attached hydrogens (tertiary/aromatic N) is 1. The maximum atomic E-state index is 9.10. The third-order valence-electron chi connectivity index (χ3n) is 0.0861. The van der Waals surface area contributed by atoms with Gasteiger partial charge in [0.15, 0.2) is 0 Å². The monoisotopic (exact) mass is 91.0 g/mol. The molecule has 4 nitrogen and oxygen atoms in total. The van der Waals surface area contributed by atoms with Gasteiger partial charge in [-0.15, -0.1) is 4.91 Å². The van der Waals surface area contributed by atoms with Gasteiger partial charge in [-0.2, -0.15) is 0 Å². The summed E-state index contributed by atoms with van der Waals surface area (Å²) in [5.74, 6) is 0. The van der Waals surface area contributed by atoms with Crippen LogP contribution < -0.4 is 0 Å². The molecule has 0 N–H and O–H groups in total. The van der Waals surface area contributed by atoms with Crippen LogP contribution in [-0.4, -0.2) is 9.65 Å².